The van der Waals surface area contributed by atoms with Crippen LogP contribution in [0.25, 0.3) is 0 Å². The number of benzene rings is 3. The predicted octanol–water partition coefficient (Wildman–Crippen LogP) is 4.77. The topological polar surface area (TPSA) is 77.8 Å². The molecule has 1 atom stereocenters. The molecule has 5 nitrogen and oxygen atoms in total. The van der Waals surface area contributed by atoms with Crippen LogP contribution >= 0.6 is 0 Å². The van der Waals surface area contributed by atoms with Crippen LogP contribution in [0.15, 0.2) is 84.1 Å². The first kappa shape index (κ1) is 21.2. The number of phenols is 1. The van der Waals surface area contributed by atoms with Gasteiger partial charge >= 0.3 is 0 Å². The molecule has 0 saturated carbocycles. The second kappa shape index (κ2) is 8.63. The molecule has 0 aromatic heterocycles. The van der Waals surface area contributed by atoms with Gasteiger partial charge in [-0.05, 0) is 41.8 Å². The van der Waals surface area contributed by atoms with E-state index in [9.17, 15) is 28.6 Å². The number of Topliss-reactive ketones (excluding diaryl/α,β-unsaturated/α-hetero) is 1. The van der Waals surface area contributed by atoms with Gasteiger partial charge in [0.15, 0.2) is 11.5 Å². The number of nitrogens with zero attached hydrogens (tertiary/aromatic N) is 1. The average Bonchev–Trinajstić information content (AvgIpc) is 3.05. The Hall–Kier alpha value is -4.00. The summed E-state index contributed by atoms with van der Waals surface area (Å²) in [5.41, 5.74) is 0.664. The molecule has 0 saturated heterocycles. The van der Waals surface area contributed by atoms with Crippen molar-refractivity contribution in [1.82, 2.24) is 0 Å². The number of halogens is 2. The van der Waals surface area contributed by atoms with E-state index < -0.39 is 40.8 Å². The Bertz CT molecular complexity index is 1210. The SMILES string of the molecule is O=C(CCc1ccccc1)C1=C(O)C(=O)N(c2cc(F)ccc2F)C1c1ccc(O)cc1. The quantitative estimate of drug-likeness (QED) is 0.585. The van der Waals surface area contributed by atoms with Crippen LogP contribution in [0.4, 0.5) is 14.5 Å². The van der Waals surface area contributed by atoms with E-state index in [1.807, 2.05) is 30.3 Å². The molecule has 0 radical (unpaired) electrons. The highest BCUT2D eigenvalue weighted by Gasteiger charge is 2.45. The summed E-state index contributed by atoms with van der Waals surface area (Å²) in [5, 5.41) is 20.2. The van der Waals surface area contributed by atoms with Crippen molar-refractivity contribution >= 4 is 17.4 Å². The maximum atomic E-state index is 14.6. The van der Waals surface area contributed by atoms with Gasteiger partial charge < -0.3 is 10.2 Å². The molecule has 3 aromatic rings. The molecule has 2 N–H and O–H groups in total. The highest BCUT2D eigenvalue weighted by molar-refractivity contribution is 6.16. The van der Waals surface area contributed by atoms with Crippen LogP contribution in [0, 0.1) is 11.6 Å². The molecule has 0 bridgehead atoms. The Morgan fingerprint density at radius 1 is 0.938 bits per heavy atom. The van der Waals surface area contributed by atoms with Crippen LogP contribution in [-0.2, 0) is 16.0 Å². The number of carbonyl (C=O) groups excluding carboxylic acids is 2. The molecule has 1 aliphatic heterocycles. The maximum absolute atomic E-state index is 14.6. The van der Waals surface area contributed by atoms with Crippen LogP contribution < -0.4 is 4.90 Å². The number of hydrogen-bond donors (Lipinski definition) is 2. The lowest BCUT2D eigenvalue weighted by Gasteiger charge is -2.27. The van der Waals surface area contributed by atoms with E-state index >= 15 is 0 Å². The Balaban J connectivity index is 1.76. The Morgan fingerprint density at radius 2 is 1.62 bits per heavy atom. The number of carbonyl (C=O) groups is 2. The molecule has 0 fully saturated rings. The second-order valence-corrected chi connectivity index (χ2v) is 7.44. The lowest BCUT2D eigenvalue weighted by atomic mass is 9.93. The van der Waals surface area contributed by atoms with Gasteiger partial charge in [-0.15, -0.1) is 0 Å². The van der Waals surface area contributed by atoms with Crippen LogP contribution in [0.5, 0.6) is 5.75 Å². The molecule has 0 spiro atoms. The zero-order chi connectivity index (χ0) is 22.8. The molecule has 162 valence electrons. The first-order valence-corrected chi connectivity index (χ1v) is 9.94. The van der Waals surface area contributed by atoms with Crippen LogP contribution in [0.3, 0.4) is 0 Å². The zero-order valence-electron chi connectivity index (χ0n) is 16.8. The lowest BCUT2D eigenvalue weighted by Crippen LogP contribution is -2.32. The number of rotatable bonds is 6. The lowest BCUT2D eigenvalue weighted by molar-refractivity contribution is -0.118. The largest absolute Gasteiger partial charge is 0.508 e. The minimum atomic E-state index is -1.18. The van der Waals surface area contributed by atoms with Crippen molar-refractivity contribution in [2.24, 2.45) is 0 Å². The fourth-order valence-electron chi connectivity index (χ4n) is 3.82. The molecule has 3 aromatic carbocycles. The van der Waals surface area contributed by atoms with Crippen LogP contribution in [0.2, 0.25) is 0 Å². The number of anilines is 1. The normalized spacial score (nSPS) is 16.0. The first-order valence-electron chi connectivity index (χ1n) is 9.94. The fourth-order valence-corrected chi connectivity index (χ4v) is 3.82. The molecule has 1 amide bonds. The van der Waals surface area contributed by atoms with Crippen molar-refractivity contribution in [1.29, 1.82) is 0 Å². The third-order valence-electron chi connectivity index (χ3n) is 5.37. The average molecular weight is 435 g/mol. The summed E-state index contributed by atoms with van der Waals surface area (Å²) < 4.78 is 28.5. The summed E-state index contributed by atoms with van der Waals surface area (Å²) in [6.45, 7) is 0. The van der Waals surface area contributed by atoms with Gasteiger partial charge in [0.25, 0.3) is 5.91 Å². The number of phenolic OH excluding ortho intramolecular Hbond substituents is 1. The van der Waals surface area contributed by atoms with Gasteiger partial charge in [0.05, 0.1) is 17.3 Å². The standard InChI is InChI=1S/C25H19F2NO4/c26-17-9-12-19(27)20(14-17)28-23(16-7-10-18(29)11-8-16)22(24(31)25(28)32)21(30)13-6-15-4-2-1-3-5-15/h1-5,7-12,14,23,29,31H,6,13H2. The second-order valence-electron chi connectivity index (χ2n) is 7.44. The number of aromatic hydroxyl groups is 1. The van der Waals surface area contributed by atoms with E-state index in [4.69, 9.17) is 0 Å². The fraction of sp³-hybridized carbons (Fsp3) is 0.120. The predicted molar refractivity (Wildman–Crippen MR) is 114 cm³/mol. The van der Waals surface area contributed by atoms with Gasteiger partial charge in [-0.3, -0.25) is 14.5 Å². The first-order chi connectivity index (χ1) is 15.4. The molecule has 1 aliphatic rings. The Kier molecular flexibility index (Phi) is 5.73. The molecular formula is C25H19F2NO4. The minimum Gasteiger partial charge on any atom is -0.508 e. The van der Waals surface area contributed by atoms with Gasteiger partial charge in [0.1, 0.15) is 17.4 Å². The summed E-state index contributed by atoms with van der Waals surface area (Å²) in [4.78, 5) is 26.9. The number of aryl methyl sites for hydroxylation is 1. The number of aliphatic hydroxyl groups excluding tert-OH is 1. The van der Waals surface area contributed by atoms with E-state index in [1.54, 1.807) is 0 Å². The van der Waals surface area contributed by atoms with Gasteiger partial charge in [-0.2, -0.15) is 0 Å². The summed E-state index contributed by atoms with van der Waals surface area (Å²) in [5.74, 6) is -4.00. The van der Waals surface area contributed by atoms with Gasteiger partial charge in [-0.25, -0.2) is 8.78 Å². The molecule has 7 heteroatoms. The molecule has 32 heavy (non-hydrogen) atoms. The maximum Gasteiger partial charge on any atom is 0.294 e. The molecule has 0 aliphatic carbocycles. The van der Waals surface area contributed by atoms with Crippen LogP contribution in [0.1, 0.15) is 23.6 Å². The van der Waals surface area contributed by atoms with Crippen molar-refractivity contribution in [2.75, 3.05) is 4.90 Å². The third-order valence-corrected chi connectivity index (χ3v) is 5.37. The minimum absolute atomic E-state index is 0.00471. The number of aliphatic hydroxyl groups is 1. The van der Waals surface area contributed by atoms with E-state index in [1.165, 1.54) is 24.3 Å². The number of hydrogen-bond acceptors (Lipinski definition) is 4. The summed E-state index contributed by atoms with van der Waals surface area (Å²) >= 11 is 0. The van der Waals surface area contributed by atoms with Crippen molar-refractivity contribution < 1.29 is 28.6 Å². The number of amides is 1. The van der Waals surface area contributed by atoms with Crippen molar-refractivity contribution in [2.45, 2.75) is 18.9 Å². The number of ketones is 1. The van der Waals surface area contributed by atoms with Gasteiger partial charge in [-0.1, -0.05) is 42.5 Å². The van der Waals surface area contributed by atoms with E-state index in [2.05, 4.69) is 0 Å². The van der Waals surface area contributed by atoms with Crippen molar-refractivity contribution in [3.63, 3.8) is 0 Å². The zero-order valence-corrected chi connectivity index (χ0v) is 16.8. The smallest absolute Gasteiger partial charge is 0.294 e. The molecule has 1 heterocycles. The van der Waals surface area contributed by atoms with E-state index in [-0.39, 0.29) is 17.7 Å². The highest BCUT2D eigenvalue weighted by Crippen LogP contribution is 2.42. The van der Waals surface area contributed by atoms with E-state index in [0.717, 1.165) is 28.7 Å². The Morgan fingerprint density at radius 3 is 2.31 bits per heavy atom. The van der Waals surface area contributed by atoms with E-state index in [0.29, 0.717) is 12.0 Å². The van der Waals surface area contributed by atoms with Crippen LogP contribution in [-0.4, -0.2) is 21.9 Å². The van der Waals surface area contributed by atoms with Gasteiger partial charge in [0.2, 0.25) is 0 Å². The van der Waals surface area contributed by atoms with Crippen molar-refractivity contribution in [3.05, 3.63) is 107 Å². The Labute approximate surface area is 182 Å². The van der Waals surface area contributed by atoms with Crippen molar-refractivity contribution in [3.8, 4) is 5.75 Å². The molecular weight excluding hydrogens is 416 g/mol. The molecule has 1 unspecified atom stereocenters. The summed E-state index contributed by atoms with van der Waals surface area (Å²) in [6.07, 6.45) is 0.381. The molecule has 4 rings (SSSR count). The summed E-state index contributed by atoms with van der Waals surface area (Å²) in [6, 6.07) is 16.3. The summed E-state index contributed by atoms with van der Waals surface area (Å²) in [7, 11) is 0. The van der Waals surface area contributed by atoms with Gasteiger partial charge in [0, 0.05) is 12.5 Å². The third kappa shape index (κ3) is 3.97. The monoisotopic (exact) mass is 435 g/mol. The highest BCUT2D eigenvalue weighted by atomic mass is 19.1.